The highest BCUT2D eigenvalue weighted by Crippen LogP contribution is 2.44. The average Bonchev–Trinajstić information content (AvgIpc) is 2.22. The van der Waals surface area contributed by atoms with Gasteiger partial charge in [-0.1, -0.05) is 39.0 Å². The van der Waals surface area contributed by atoms with Gasteiger partial charge in [-0.05, 0) is 11.0 Å². The van der Waals surface area contributed by atoms with E-state index in [-0.39, 0.29) is 10.8 Å². The summed E-state index contributed by atoms with van der Waals surface area (Å²) in [7, 11) is 3.34. The van der Waals surface area contributed by atoms with Crippen molar-refractivity contribution in [3.63, 3.8) is 0 Å². The molecule has 3 nitrogen and oxygen atoms in total. The molecule has 2 unspecified atom stereocenters. The van der Waals surface area contributed by atoms with Crippen LogP contribution < -0.4 is 0 Å². The molecule has 0 fully saturated rings. The van der Waals surface area contributed by atoms with Crippen LogP contribution in [-0.4, -0.2) is 38.6 Å². The van der Waals surface area contributed by atoms with Gasteiger partial charge in [0.25, 0.3) is 0 Å². The fourth-order valence-electron chi connectivity index (χ4n) is 2.16. The molecule has 0 radical (unpaired) electrons. The largest absolute Gasteiger partial charge is 0.385 e. The normalized spacial score (nSPS) is 29.3. The molecule has 0 aromatic heterocycles. The summed E-state index contributed by atoms with van der Waals surface area (Å²) in [6.07, 6.45) is 5.45. The van der Waals surface area contributed by atoms with E-state index < -0.39 is 6.10 Å². The predicted molar refractivity (Wildman–Crippen MR) is 68.9 cm³/mol. The van der Waals surface area contributed by atoms with E-state index in [1.54, 1.807) is 14.2 Å². The molecule has 1 aliphatic carbocycles. The van der Waals surface area contributed by atoms with Crippen molar-refractivity contribution in [2.24, 2.45) is 10.8 Å². The molecule has 0 aromatic rings. The van der Waals surface area contributed by atoms with Gasteiger partial charge >= 0.3 is 0 Å². The van der Waals surface area contributed by atoms with Crippen LogP contribution in [0, 0.1) is 10.8 Å². The van der Waals surface area contributed by atoms with Crippen molar-refractivity contribution in [3.8, 4) is 0 Å². The second-order valence-corrected chi connectivity index (χ2v) is 5.68. The predicted octanol–water partition coefficient (Wildman–Crippen LogP) is 2.17. The quantitative estimate of drug-likeness (QED) is 0.765. The van der Waals surface area contributed by atoms with E-state index in [0.29, 0.717) is 13.2 Å². The van der Waals surface area contributed by atoms with E-state index in [4.69, 9.17) is 9.47 Å². The number of ether oxygens (including phenoxy) is 2. The van der Waals surface area contributed by atoms with E-state index in [0.717, 1.165) is 5.57 Å². The molecule has 0 saturated carbocycles. The summed E-state index contributed by atoms with van der Waals surface area (Å²) in [6, 6.07) is 0. The monoisotopic (exact) mass is 240 g/mol. The van der Waals surface area contributed by atoms with Crippen LogP contribution in [0.15, 0.2) is 23.8 Å². The van der Waals surface area contributed by atoms with E-state index >= 15 is 0 Å². The molecule has 0 bridgehead atoms. The molecule has 1 N–H and O–H groups in total. The number of hydrogen-bond acceptors (Lipinski definition) is 3. The molecule has 0 saturated heterocycles. The van der Waals surface area contributed by atoms with Crippen molar-refractivity contribution in [3.05, 3.63) is 23.8 Å². The zero-order valence-corrected chi connectivity index (χ0v) is 11.5. The van der Waals surface area contributed by atoms with Crippen molar-refractivity contribution < 1.29 is 14.6 Å². The Balaban J connectivity index is 3.10. The molecule has 0 heterocycles. The summed E-state index contributed by atoms with van der Waals surface area (Å²) < 4.78 is 10.5. The summed E-state index contributed by atoms with van der Waals surface area (Å²) in [4.78, 5) is 0. The Morgan fingerprint density at radius 3 is 2.41 bits per heavy atom. The Morgan fingerprint density at radius 1 is 1.29 bits per heavy atom. The van der Waals surface area contributed by atoms with Crippen LogP contribution >= 0.6 is 0 Å². The zero-order valence-electron chi connectivity index (χ0n) is 11.5. The standard InChI is InChI=1S/C14H24O3/c1-13(2,3)14(10-17-5)7-6-12(15)11(8-14)9-16-4/h6-8,12,15H,9-10H2,1-5H3. The molecule has 98 valence electrons. The number of methoxy groups -OCH3 is 2. The first-order chi connectivity index (χ1) is 7.86. The second-order valence-electron chi connectivity index (χ2n) is 5.68. The third-order valence-electron chi connectivity index (χ3n) is 3.49. The van der Waals surface area contributed by atoms with Crippen LogP contribution in [0.4, 0.5) is 0 Å². The Hall–Kier alpha value is -0.640. The van der Waals surface area contributed by atoms with Crippen molar-refractivity contribution >= 4 is 0 Å². The van der Waals surface area contributed by atoms with Crippen LogP contribution in [0.1, 0.15) is 20.8 Å². The minimum Gasteiger partial charge on any atom is -0.385 e. The van der Waals surface area contributed by atoms with Crippen LogP contribution in [0.2, 0.25) is 0 Å². The summed E-state index contributed by atoms with van der Waals surface area (Å²) in [5, 5.41) is 9.89. The highest BCUT2D eigenvalue weighted by molar-refractivity contribution is 5.31. The Kier molecular flexibility index (Phi) is 4.53. The molecule has 17 heavy (non-hydrogen) atoms. The second kappa shape index (κ2) is 5.34. The number of hydrogen-bond donors (Lipinski definition) is 1. The lowest BCUT2D eigenvalue weighted by Crippen LogP contribution is -2.39. The highest BCUT2D eigenvalue weighted by Gasteiger charge is 2.40. The summed E-state index contributed by atoms with van der Waals surface area (Å²) in [5.74, 6) is 0. The van der Waals surface area contributed by atoms with E-state index in [1.165, 1.54) is 0 Å². The first-order valence-electron chi connectivity index (χ1n) is 5.93. The van der Waals surface area contributed by atoms with Crippen LogP contribution in [0.5, 0.6) is 0 Å². The minimum atomic E-state index is -0.540. The van der Waals surface area contributed by atoms with Gasteiger partial charge in [-0.3, -0.25) is 0 Å². The third kappa shape index (κ3) is 2.97. The number of aliphatic hydroxyl groups is 1. The molecule has 1 aliphatic rings. The Morgan fingerprint density at radius 2 is 1.94 bits per heavy atom. The maximum absolute atomic E-state index is 9.89. The topological polar surface area (TPSA) is 38.7 Å². The lowest BCUT2D eigenvalue weighted by Gasteiger charge is -2.43. The fraction of sp³-hybridized carbons (Fsp3) is 0.714. The lowest BCUT2D eigenvalue weighted by atomic mass is 9.64. The first kappa shape index (κ1) is 14.4. The Labute approximate surface area is 104 Å². The van der Waals surface area contributed by atoms with Crippen molar-refractivity contribution in [2.75, 3.05) is 27.4 Å². The van der Waals surface area contributed by atoms with Gasteiger partial charge in [0.15, 0.2) is 0 Å². The molecular formula is C14H24O3. The first-order valence-corrected chi connectivity index (χ1v) is 5.93. The SMILES string of the molecule is COCC1=CC(COC)(C(C)(C)C)C=CC1O. The van der Waals surface area contributed by atoms with Gasteiger partial charge in [0.1, 0.15) is 0 Å². The molecule has 0 aromatic carbocycles. The smallest absolute Gasteiger partial charge is 0.0954 e. The van der Waals surface area contributed by atoms with Gasteiger partial charge in [-0.2, -0.15) is 0 Å². The van der Waals surface area contributed by atoms with Crippen molar-refractivity contribution in [1.82, 2.24) is 0 Å². The van der Waals surface area contributed by atoms with E-state index in [2.05, 4.69) is 32.9 Å². The summed E-state index contributed by atoms with van der Waals surface area (Å²) >= 11 is 0. The molecule has 3 heteroatoms. The molecule has 1 rings (SSSR count). The molecule has 2 atom stereocenters. The fourth-order valence-corrected chi connectivity index (χ4v) is 2.16. The summed E-state index contributed by atoms with van der Waals surface area (Å²) in [6.45, 7) is 7.58. The zero-order chi connectivity index (χ0) is 13.1. The van der Waals surface area contributed by atoms with Crippen LogP contribution in [-0.2, 0) is 9.47 Å². The molecule has 0 spiro atoms. The van der Waals surface area contributed by atoms with E-state index in [9.17, 15) is 5.11 Å². The summed E-state index contributed by atoms with van der Waals surface area (Å²) in [5.41, 5.74) is 0.745. The van der Waals surface area contributed by atoms with Gasteiger partial charge in [0.2, 0.25) is 0 Å². The maximum atomic E-state index is 9.89. The van der Waals surface area contributed by atoms with Gasteiger partial charge in [-0.15, -0.1) is 0 Å². The third-order valence-corrected chi connectivity index (χ3v) is 3.49. The van der Waals surface area contributed by atoms with E-state index in [1.807, 2.05) is 6.08 Å². The lowest BCUT2D eigenvalue weighted by molar-refractivity contribution is 0.0609. The van der Waals surface area contributed by atoms with Crippen molar-refractivity contribution in [2.45, 2.75) is 26.9 Å². The maximum Gasteiger partial charge on any atom is 0.0954 e. The van der Waals surface area contributed by atoms with Gasteiger partial charge < -0.3 is 14.6 Å². The number of rotatable bonds is 4. The van der Waals surface area contributed by atoms with Gasteiger partial charge in [0.05, 0.1) is 19.3 Å². The van der Waals surface area contributed by atoms with Gasteiger partial charge in [-0.25, -0.2) is 0 Å². The van der Waals surface area contributed by atoms with Crippen LogP contribution in [0.25, 0.3) is 0 Å². The minimum absolute atomic E-state index is 0.0264. The van der Waals surface area contributed by atoms with Crippen LogP contribution in [0.3, 0.4) is 0 Å². The molecule has 0 amide bonds. The Bertz CT molecular complexity index is 312. The highest BCUT2D eigenvalue weighted by atomic mass is 16.5. The van der Waals surface area contributed by atoms with Crippen molar-refractivity contribution in [1.29, 1.82) is 0 Å². The van der Waals surface area contributed by atoms with Gasteiger partial charge in [0, 0.05) is 19.6 Å². The average molecular weight is 240 g/mol. The number of aliphatic hydroxyl groups excluding tert-OH is 1. The molecule has 0 aliphatic heterocycles. The molecular weight excluding hydrogens is 216 g/mol.